The van der Waals surface area contributed by atoms with Crippen molar-refractivity contribution in [2.24, 2.45) is 0 Å². The van der Waals surface area contributed by atoms with Gasteiger partial charge in [-0.25, -0.2) is 9.97 Å². The Balaban J connectivity index is 1.23. The SMILES string of the molecule is c1ccc(-n2c3ccccc3c3c(-c4nc(-n5c6ccccc6c6cc7ccccc7cc65)c5c(n4)sc4ccc(-c6cccnc6)cc45)cccc32)cc1. The molecule has 0 fully saturated rings. The number of para-hydroxylation sites is 3. The molecule has 0 amide bonds. The van der Waals surface area contributed by atoms with Gasteiger partial charge in [0.25, 0.3) is 0 Å². The monoisotopic (exact) mass is 719 g/mol. The highest BCUT2D eigenvalue weighted by molar-refractivity contribution is 7.25. The van der Waals surface area contributed by atoms with Crippen LogP contribution < -0.4 is 0 Å². The van der Waals surface area contributed by atoms with Gasteiger partial charge in [0.2, 0.25) is 0 Å². The molecule has 0 saturated carbocycles. The lowest BCUT2D eigenvalue weighted by atomic mass is 10.0. The van der Waals surface area contributed by atoms with Crippen LogP contribution in [0.15, 0.2) is 176 Å². The molecule has 6 heteroatoms. The van der Waals surface area contributed by atoms with E-state index >= 15 is 0 Å². The number of aromatic nitrogens is 5. The van der Waals surface area contributed by atoms with Gasteiger partial charge in [0, 0.05) is 60.8 Å². The third-order valence-electron chi connectivity index (χ3n) is 11.0. The molecule has 256 valence electrons. The number of nitrogens with zero attached hydrogens (tertiary/aromatic N) is 5. The van der Waals surface area contributed by atoms with Crippen LogP contribution in [0, 0.1) is 0 Å². The van der Waals surface area contributed by atoms with E-state index in [2.05, 4.69) is 172 Å². The third kappa shape index (κ3) is 4.49. The largest absolute Gasteiger partial charge is 0.309 e. The molecule has 0 bridgehead atoms. The Hall–Kier alpha value is -7.15. The predicted molar refractivity (Wildman–Crippen MR) is 230 cm³/mol. The quantitative estimate of drug-likeness (QED) is 0.182. The Labute approximate surface area is 319 Å². The molecular formula is C49H29N5S. The van der Waals surface area contributed by atoms with Gasteiger partial charge in [-0.3, -0.25) is 9.55 Å². The molecule has 55 heavy (non-hydrogen) atoms. The van der Waals surface area contributed by atoms with Crippen molar-refractivity contribution in [2.45, 2.75) is 0 Å². The second-order valence-corrected chi connectivity index (χ2v) is 15.1. The van der Waals surface area contributed by atoms with Crippen molar-refractivity contribution >= 4 is 86.0 Å². The minimum absolute atomic E-state index is 0.704. The summed E-state index contributed by atoms with van der Waals surface area (Å²) in [6, 6.07) is 58.6. The molecule has 0 aliphatic heterocycles. The van der Waals surface area contributed by atoms with Crippen molar-refractivity contribution in [1.29, 1.82) is 0 Å². The van der Waals surface area contributed by atoms with Crippen molar-refractivity contribution in [3.63, 3.8) is 0 Å². The number of pyridine rings is 1. The summed E-state index contributed by atoms with van der Waals surface area (Å²) in [5.74, 6) is 1.58. The topological polar surface area (TPSA) is 48.5 Å². The van der Waals surface area contributed by atoms with Gasteiger partial charge in [0.15, 0.2) is 11.6 Å². The fourth-order valence-corrected chi connectivity index (χ4v) is 9.65. The first kappa shape index (κ1) is 30.3. The Morgan fingerprint density at radius 2 is 1.20 bits per heavy atom. The summed E-state index contributed by atoms with van der Waals surface area (Å²) >= 11 is 1.72. The highest BCUT2D eigenvalue weighted by Gasteiger charge is 2.24. The zero-order chi connectivity index (χ0) is 36.0. The first-order chi connectivity index (χ1) is 27.3. The molecule has 12 rings (SSSR count). The van der Waals surface area contributed by atoms with Gasteiger partial charge < -0.3 is 4.57 Å². The van der Waals surface area contributed by atoms with Crippen molar-refractivity contribution in [3.8, 4) is 34.0 Å². The second kappa shape index (κ2) is 11.7. The van der Waals surface area contributed by atoms with Gasteiger partial charge in [-0.05, 0) is 77.0 Å². The maximum absolute atomic E-state index is 5.69. The van der Waals surface area contributed by atoms with E-state index in [1.807, 2.05) is 18.5 Å². The van der Waals surface area contributed by atoms with E-state index in [4.69, 9.17) is 9.97 Å². The lowest BCUT2D eigenvalue weighted by Crippen LogP contribution is -2.02. The van der Waals surface area contributed by atoms with Gasteiger partial charge in [0.1, 0.15) is 4.83 Å². The minimum Gasteiger partial charge on any atom is -0.309 e. The summed E-state index contributed by atoms with van der Waals surface area (Å²) in [4.78, 5) is 16.6. The molecule has 0 aliphatic rings. The lowest BCUT2D eigenvalue weighted by Gasteiger charge is -2.13. The average molecular weight is 720 g/mol. The van der Waals surface area contributed by atoms with E-state index in [0.717, 1.165) is 71.3 Å². The zero-order valence-corrected chi connectivity index (χ0v) is 30.2. The molecule has 0 N–H and O–H groups in total. The summed E-state index contributed by atoms with van der Waals surface area (Å²) in [5.41, 5.74) is 8.82. The molecule has 0 spiro atoms. The Morgan fingerprint density at radius 1 is 0.455 bits per heavy atom. The van der Waals surface area contributed by atoms with Crippen LogP contribution in [0.4, 0.5) is 0 Å². The highest BCUT2D eigenvalue weighted by atomic mass is 32.1. The normalized spacial score (nSPS) is 12.0. The summed E-state index contributed by atoms with van der Waals surface area (Å²) in [6.45, 7) is 0. The van der Waals surface area contributed by atoms with Crippen LogP contribution in [-0.2, 0) is 0 Å². The molecule has 0 aliphatic carbocycles. The molecule has 5 nitrogen and oxygen atoms in total. The first-order valence-corrected chi connectivity index (χ1v) is 19.3. The lowest BCUT2D eigenvalue weighted by molar-refractivity contribution is 1.08. The average Bonchev–Trinajstić information content (AvgIpc) is 3.90. The fraction of sp³-hybridized carbons (Fsp3) is 0. The maximum Gasteiger partial charge on any atom is 0.163 e. The van der Waals surface area contributed by atoms with E-state index in [1.54, 1.807) is 11.3 Å². The fourth-order valence-electron chi connectivity index (χ4n) is 8.60. The molecule has 0 radical (unpaired) electrons. The minimum atomic E-state index is 0.704. The van der Waals surface area contributed by atoms with Crippen molar-refractivity contribution < 1.29 is 0 Å². The van der Waals surface area contributed by atoms with Crippen molar-refractivity contribution in [2.75, 3.05) is 0 Å². The van der Waals surface area contributed by atoms with Crippen LogP contribution in [0.3, 0.4) is 0 Å². The van der Waals surface area contributed by atoms with E-state index in [9.17, 15) is 0 Å². The molecule has 7 aromatic carbocycles. The summed E-state index contributed by atoms with van der Waals surface area (Å²) in [5, 5.41) is 9.29. The van der Waals surface area contributed by atoms with Gasteiger partial charge in [-0.1, -0.05) is 103 Å². The van der Waals surface area contributed by atoms with Gasteiger partial charge >= 0.3 is 0 Å². The van der Waals surface area contributed by atoms with E-state index in [0.29, 0.717) is 5.82 Å². The Kier molecular flexibility index (Phi) is 6.44. The zero-order valence-electron chi connectivity index (χ0n) is 29.4. The van der Waals surface area contributed by atoms with Crippen LogP contribution >= 0.6 is 11.3 Å². The third-order valence-corrected chi connectivity index (χ3v) is 12.1. The first-order valence-electron chi connectivity index (χ1n) is 18.4. The molecule has 5 aromatic heterocycles. The number of thiophene rings is 1. The van der Waals surface area contributed by atoms with E-state index in [-0.39, 0.29) is 0 Å². The predicted octanol–water partition coefficient (Wildman–Crippen LogP) is 12.9. The van der Waals surface area contributed by atoms with E-state index < -0.39 is 0 Å². The molecule has 0 atom stereocenters. The number of hydrogen-bond acceptors (Lipinski definition) is 4. The highest BCUT2D eigenvalue weighted by Crippen LogP contribution is 2.44. The molecule has 0 saturated heterocycles. The number of hydrogen-bond donors (Lipinski definition) is 0. The van der Waals surface area contributed by atoms with Crippen molar-refractivity contribution in [1.82, 2.24) is 24.1 Å². The standard InChI is InChI=1S/C49H29N5S/c1-2-15-34(16-3-1)53-41-21-9-7-18-36(41)45-37(19-10-22-42(45)53)47-51-48(46-39-27-32(33-14-11-25-50-29-33)23-24-44(39)55-49(46)52-47)54-40-20-8-6-17-35(40)38-26-30-12-4-5-13-31(30)28-43(38)54/h1-29H. The molecular weight excluding hydrogens is 691 g/mol. The maximum atomic E-state index is 5.69. The summed E-state index contributed by atoms with van der Waals surface area (Å²) in [6.07, 6.45) is 3.75. The molecule has 0 unspecified atom stereocenters. The van der Waals surface area contributed by atoms with Gasteiger partial charge in [-0.15, -0.1) is 11.3 Å². The van der Waals surface area contributed by atoms with Crippen LogP contribution in [0.25, 0.3) is 109 Å². The van der Waals surface area contributed by atoms with Crippen LogP contribution in [0.2, 0.25) is 0 Å². The number of benzene rings is 7. The van der Waals surface area contributed by atoms with Crippen molar-refractivity contribution in [3.05, 3.63) is 176 Å². The Morgan fingerprint density at radius 3 is 2.04 bits per heavy atom. The number of fused-ring (bicyclic) bond motifs is 10. The van der Waals surface area contributed by atoms with Crippen LogP contribution in [0.5, 0.6) is 0 Å². The summed E-state index contributed by atoms with van der Waals surface area (Å²) in [7, 11) is 0. The van der Waals surface area contributed by atoms with Crippen LogP contribution in [-0.4, -0.2) is 24.1 Å². The summed E-state index contributed by atoms with van der Waals surface area (Å²) < 4.78 is 5.90. The second-order valence-electron chi connectivity index (χ2n) is 14.1. The van der Waals surface area contributed by atoms with Gasteiger partial charge in [-0.2, -0.15) is 0 Å². The smallest absolute Gasteiger partial charge is 0.163 e. The Bertz CT molecular complexity index is 3490. The number of rotatable bonds is 4. The van der Waals surface area contributed by atoms with E-state index in [1.165, 1.54) is 31.6 Å². The van der Waals surface area contributed by atoms with Gasteiger partial charge in [0.05, 0.1) is 27.5 Å². The molecule has 5 heterocycles. The van der Waals surface area contributed by atoms with Crippen LogP contribution in [0.1, 0.15) is 0 Å². The molecule has 12 aromatic rings.